The van der Waals surface area contributed by atoms with E-state index >= 15 is 0 Å². The minimum atomic E-state index is -0.370. The van der Waals surface area contributed by atoms with Crippen LogP contribution in [-0.2, 0) is 14.3 Å². The van der Waals surface area contributed by atoms with Crippen LogP contribution in [0.25, 0.3) is 0 Å². The van der Waals surface area contributed by atoms with Crippen LogP contribution in [0, 0.1) is 0 Å². The predicted molar refractivity (Wildman–Crippen MR) is 66.7 cm³/mol. The van der Waals surface area contributed by atoms with Crippen LogP contribution in [0.15, 0.2) is 0 Å². The van der Waals surface area contributed by atoms with Crippen LogP contribution in [0.2, 0.25) is 0 Å². The van der Waals surface area contributed by atoms with E-state index in [1.54, 1.807) is 0 Å². The van der Waals surface area contributed by atoms with E-state index in [0.29, 0.717) is 17.8 Å². The van der Waals surface area contributed by atoms with Crippen LogP contribution in [0.3, 0.4) is 0 Å². The average molecular weight is 246 g/mol. The van der Waals surface area contributed by atoms with Crippen molar-refractivity contribution in [3.63, 3.8) is 0 Å². The van der Waals surface area contributed by atoms with Gasteiger partial charge < -0.3 is 9.47 Å². The molecule has 0 amide bonds. The van der Waals surface area contributed by atoms with E-state index in [2.05, 4.69) is 6.92 Å². The van der Waals surface area contributed by atoms with Gasteiger partial charge in [-0.05, 0) is 34.1 Å². The molecular weight excluding hydrogens is 224 g/mol. The van der Waals surface area contributed by atoms with Gasteiger partial charge in [-0.25, -0.2) is 0 Å². The number of rotatable bonds is 4. The number of ether oxygens (including phenoxy) is 2. The van der Waals surface area contributed by atoms with E-state index < -0.39 is 0 Å². The Bertz CT molecular complexity index is 235. The van der Waals surface area contributed by atoms with Crippen LogP contribution in [-0.4, -0.2) is 35.3 Å². The van der Waals surface area contributed by atoms with Crippen molar-refractivity contribution in [3.05, 3.63) is 0 Å². The summed E-state index contributed by atoms with van der Waals surface area (Å²) < 4.78 is 10.7. The third kappa shape index (κ3) is 5.21. The minimum Gasteiger partial charge on any atom is -0.460 e. The molecule has 1 aliphatic rings. The van der Waals surface area contributed by atoms with Crippen molar-refractivity contribution in [1.82, 2.24) is 0 Å². The van der Waals surface area contributed by atoms with Crippen LogP contribution >= 0.6 is 11.8 Å². The maximum atomic E-state index is 11.4. The topological polar surface area (TPSA) is 35.5 Å². The Morgan fingerprint density at radius 2 is 2.19 bits per heavy atom. The summed E-state index contributed by atoms with van der Waals surface area (Å²) in [5, 5.41) is 0.544. The second-order valence-electron chi connectivity index (χ2n) is 5.11. The Morgan fingerprint density at radius 3 is 2.69 bits per heavy atom. The monoisotopic (exact) mass is 246 g/mol. The Balaban J connectivity index is 2.13. The molecule has 0 spiro atoms. The third-order valence-electron chi connectivity index (χ3n) is 2.36. The van der Waals surface area contributed by atoms with Gasteiger partial charge in [0.25, 0.3) is 0 Å². The van der Waals surface area contributed by atoms with Gasteiger partial charge in [0.15, 0.2) is 0 Å². The molecule has 0 aromatic heterocycles. The van der Waals surface area contributed by atoms with Gasteiger partial charge in [0.05, 0.1) is 12.5 Å². The van der Waals surface area contributed by atoms with Gasteiger partial charge in [-0.2, -0.15) is 11.8 Å². The Labute approximate surface area is 102 Å². The van der Waals surface area contributed by atoms with Crippen molar-refractivity contribution in [3.8, 4) is 0 Å². The van der Waals surface area contributed by atoms with Gasteiger partial charge in [-0.15, -0.1) is 0 Å². The summed E-state index contributed by atoms with van der Waals surface area (Å²) in [5.41, 5.74) is -0.370. The van der Waals surface area contributed by atoms with Crippen LogP contribution in [0.1, 0.15) is 40.5 Å². The lowest BCUT2D eigenvalue weighted by Gasteiger charge is -2.19. The van der Waals surface area contributed by atoms with Crippen molar-refractivity contribution in [2.75, 3.05) is 12.4 Å². The maximum absolute atomic E-state index is 11.4. The van der Waals surface area contributed by atoms with Gasteiger partial charge in [-0.3, -0.25) is 4.79 Å². The molecule has 2 unspecified atom stereocenters. The first-order valence-corrected chi connectivity index (χ1v) is 6.88. The fourth-order valence-electron chi connectivity index (χ4n) is 1.62. The van der Waals surface area contributed by atoms with E-state index in [1.165, 1.54) is 0 Å². The van der Waals surface area contributed by atoms with Crippen molar-refractivity contribution >= 4 is 17.7 Å². The van der Waals surface area contributed by atoms with Crippen molar-refractivity contribution in [2.45, 2.75) is 57.5 Å². The Kier molecular flexibility index (Phi) is 5.12. The van der Waals surface area contributed by atoms with Gasteiger partial charge in [-0.1, -0.05) is 0 Å². The number of esters is 1. The smallest absolute Gasteiger partial charge is 0.307 e. The molecule has 4 heteroatoms. The van der Waals surface area contributed by atoms with E-state index in [0.717, 1.165) is 18.8 Å². The summed E-state index contributed by atoms with van der Waals surface area (Å²) in [7, 11) is 0. The molecule has 0 N–H and O–H groups in total. The highest BCUT2D eigenvalue weighted by molar-refractivity contribution is 7.99. The highest BCUT2D eigenvalue weighted by Gasteiger charge is 2.24. The lowest BCUT2D eigenvalue weighted by atomic mass is 10.2. The van der Waals surface area contributed by atoms with E-state index in [4.69, 9.17) is 9.47 Å². The van der Waals surface area contributed by atoms with Crippen LogP contribution < -0.4 is 0 Å². The summed E-state index contributed by atoms with van der Waals surface area (Å²) in [6, 6.07) is 0. The summed E-state index contributed by atoms with van der Waals surface area (Å²) in [5.74, 6) is 0.722. The fourth-order valence-corrected chi connectivity index (χ4v) is 2.82. The molecule has 2 atom stereocenters. The molecule has 1 aliphatic heterocycles. The molecule has 94 valence electrons. The molecule has 1 heterocycles. The number of hydrogen-bond donors (Lipinski definition) is 0. The first-order chi connectivity index (χ1) is 7.38. The fraction of sp³-hybridized carbons (Fsp3) is 0.917. The first-order valence-electron chi connectivity index (χ1n) is 5.83. The molecule has 0 aromatic carbocycles. The molecule has 0 aromatic rings. The predicted octanol–water partition coefficient (Wildman–Crippen LogP) is 2.63. The SMILES string of the molecule is CC1OCCC1SCCC(=O)OC(C)(C)C. The molecule has 0 bridgehead atoms. The summed E-state index contributed by atoms with van der Waals surface area (Å²) >= 11 is 1.82. The average Bonchev–Trinajstić information content (AvgIpc) is 2.48. The standard InChI is InChI=1S/C12H22O3S/c1-9-10(5-7-14-9)16-8-6-11(13)15-12(2,3)4/h9-10H,5-8H2,1-4H3. The Morgan fingerprint density at radius 1 is 1.50 bits per heavy atom. The molecule has 3 nitrogen and oxygen atoms in total. The minimum absolute atomic E-state index is 0.105. The second-order valence-corrected chi connectivity index (χ2v) is 6.46. The van der Waals surface area contributed by atoms with Gasteiger partial charge >= 0.3 is 5.97 Å². The second kappa shape index (κ2) is 5.92. The quantitative estimate of drug-likeness (QED) is 0.714. The highest BCUT2D eigenvalue weighted by atomic mass is 32.2. The van der Waals surface area contributed by atoms with Crippen LogP contribution in [0.5, 0.6) is 0 Å². The van der Waals surface area contributed by atoms with E-state index in [9.17, 15) is 4.79 Å². The van der Waals surface area contributed by atoms with Crippen molar-refractivity contribution in [1.29, 1.82) is 0 Å². The molecule has 1 saturated heterocycles. The van der Waals surface area contributed by atoms with Crippen LogP contribution in [0.4, 0.5) is 0 Å². The molecule has 1 fully saturated rings. The molecule has 0 aliphatic carbocycles. The lowest BCUT2D eigenvalue weighted by molar-refractivity contribution is -0.154. The maximum Gasteiger partial charge on any atom is 0.307 e. The van der Waals surface area contributed by atoms with E-state index in [-0.39, 0.29) is 11.6 Å². The van der Waals surface area contributed by atoms with E-state index in [1.807, 2.05) is 32.5 Å². The largest absolute Gasteiger partial charge is 0.460 e. The number of carbonyl (C=O) groups is 1. The van der Waals surface area contributed by atoms with Gasteiger partial charge in [0, 0.05) is 17.6 Å². The number of carbonyl (C=O) groups excluding carboxylic acids is 1. The highest BCUT2D eigenvalue weighted by Crippen LogP contribution is 2.26. The number of thioether (sulfide) groups is 1. The summed E-state index contributed by atoms with van der Waals surface area (Å²) in [6.45, 7) is 8.63. The zero-order valence-corrected chi connectivity index (χ0v) is 11.4. The summed E-state index contributed by atoms with van der Waals surface area (Å²) in [6.07, 6.45) is 1.91. The van der Waals surface area contributed by atoms with Crippen molar-refractivity contribution < 1.29 is 14.3 Å². The summed E-state index contributed by atoms with van der Waals surface area (Å²) in [4.78, 5) is 11.4. The zero-order valence-electron chi connectivity index (χ0n) is 10.6. The zero-order chi connectivity index (χ0) is 12.2. The molecule has 1 rings (SSSR count). The lowest BCUT2D eigenvalue weighted by Crippen LogP contribution is -2.24. The Hall–Kier alpha value is -0.220. The molecule has 0 saturated carbocycles. The molecule has 16 heavy (non-hydrogen) atoms. The third-order valence-corrected chi connectivity index (χ3v) is 3.85. The first kappa shape index (κ1) is 13.8. The molecular formula is C12H22O3S. The molecule has 0 radical (unpaired) electrons. The van der Waals surface area contributed by atoms with Crippen molar-refractivity contribution in [2.24, 2.45) is 0 Å². The van der Waals surface area contributed by atoms with Gasteiger partial charge in [0.2, 0.25) is 0 Å². The normalized spacial score (nSPS) is 25.8. The number of hydrogen-bond acceptors (Lipinski definition) is 4. The van der Waals surface area contributed by atoms with Gasteiger partial charge in [0.1, 0.15) is 5.60 Å².